The van der Waals surface area contributed by atoms with Gasteiger partial charge in [-0.05, 0) is 35.9 Å². The van der Waals surface area contributed by atoms with Crippen LogP contribution in [0.2, 0.25) is 0 Å². The normalized spacial score (nSPS) is 12.8. The van der Waals surface area contributed by atoms with Crippen molar-refractivity contribution in [3.63, 3.8) is 0 Å². The number of sulfone groups is 1. The molecule has 0 aliphatic heterocycles. The van der Waals surface area contributed by atoms with E-state index in [-0.39, 0.29) is 47.6 Å². The highest BCUT2D eigenvalue weighted by molar-refractivity contribution is 7.91. The highest BCUT2D eigenvalue weighted by Gasteiger charge is 2.24. The van der Waals surface area contributed by atoms with Crippen LogP contribution >= 0.6 is 0 Å². The SMILES string of the molecule is COCCN(CCOC)S(=O)(=O)c1ccc(CONS(=O)(=O)c2cccc(S(C)(=O)=O)c2)cc1. The minimum absolute atomic E-state index is 0.0571. The van der Waals surface area contributed by atoms with Gasteiger partial charge >= 0.3 is 0 Å². The molecule has 34 heavy (non-hydrogen) atoms. The predicted octanol–water partition coefficient (Wildman–Crippen LogP) is 0.784. The van der Waals surface area contributed by atoms with E-state index < -0.39 is 29.9 Å². The summed E-state index contributed by atoms with van der Waals surface area (Å²) in [5, 5.41) is 0. The Hall–Kier alpha value is -1.91. The van der Waals surface area contributed by atoms with Gasteiger partial charge in [-0.15, -0.1) is 0 Å². The molecule has 0 radical (unpaired) electrons. The largest absolute Gasteiger partial charge is 0.383 e. The van der Waals surface area contributed by atoms with Crippen molar-refractivity contribution in [1.29, 1.82) is 0 Å². The lowest BCUT2D eigenvalue weighted by Gasteiger charge is -2.21. The van der Waals surface area contributed by atoms with Crippen LogP contribution in [0.5, 0.6) is 0 Å². The van der Waals surface area contributed by atoms with Gasteiger partial charge in [-0.1, -0.05) is 23.1 Å². The van der Waals surface area contributed by atoms with Gasteiger partial charge < -0.3 is 9.47 Å². The van der Waals surface area contributed by atoms with Gasteiger partial charge in [0.15, 0.2) is 9.84 Å². The summed E-state index contributed by atoms with van der Waals surface area (Å²) in [5.41, 5.74) is 0.506. The fraction of sp³-hybridized carbons (Fsp3) is 0.400. The number of hydrogen-bond donors (Lipinski definition) is 1. The van der Waals surface area contributed by atoms with Gasteiger partial charge in [-0.25, -0.2) is 25.3 Å². The summed E-state index contributed by atoms with van der Waals surface area (Å²) in [6.45, 7) is 0.581. The van der Waals surface area contributed by atoms with Crippen LogP contribution in [0.3, 0.4) is 0 Å². The Morgan fingerprint density at radius 1 is 0.794 bits per heavy atom. The Balaban J connectivity index is 2.06. The average molecular weight is 537 g/mol. The molecule has 2 aromatic carbocycles. The maximum absolute atomic E-state index is 12.9. The molecule has 0 heterocycles. The summed E-state index contributed by atoms with van der Waals surface area (Å²) < 4.78 is 85.1. The van der Waals surface area contributed by atoms with Crippen LogP contribution in [0.1, 0.15) is 5.56 Å². The molecule has 0 saturated carbocycles. The first-order chi connectivity index (χ1) is 15.9. The third-order valence-electron chi connectivity index (χ3n) is 4.60. The summed E-state index contributed by atoms with van der Waals surface area (Å²) in [6.07, 6.45) is 0.973. The number of rotatable bonds is 14. The third kappa shape index (κ3) is 7.81. The van der Waals surface area contributed by atoms with Crippen LogP contribution in [-0.2, 0) is 50.8 Å². The van der Waals surface area contributed by atoms with Crippen LogP contribution in [0.15, 0.2) is 63.2 Å². The van der Waals surface area contributed by atoms with E-state index in [1.54, 1.807) is 0 Å². The Kier molecular flexibility index (Phi) is 10.1. The summed E-state index contributed by atoms with van der Waals surface area (Å²) in [7, 11) is -8.55. The molecule has 0 unspecified atom stereocenters. The number of ether oxygens (including phenoxy) is 2. The fourth-order valence-corrected chi connectivity index (χ4v) is 5.76. The van der Waals surface area contributed by atoms with E-state index in [9.17, 15) is 25.3 Å². The van der Waals surface area contributed by atoms with Crippen LogP contribution in [0.4, 0.5) is 0 Å². The smallest absolute Gasteiger partial charge is 0.262 e. The van der Waals surface area contributed by atoms with Crippen molar-refractivity contribution in [2.24, 2.45) is 0 Å². The van der Waals surface area contributed by atoms with E-state index in [4.69, 9.17) is 14.3 Å². The summed E-state index contributed by atoms with van der Waals surface area (Å²) in [4.78, 5) is 6.64. The van der Waals surface area contributed by atoms with Gasteiger partial charge in [-0.2, -0.15) is 4.31 Å². The number of hydrogen-bond acceptors (Lipinski definition) is 9. The molecule has 0 fully saturated rings. The Labute approximate surface area is 200 Å². The van der Waals surface area contributed by atoms with E-state index in [1.807, 2.05) is 4.89 Å². The summed E-state index contributed by atoms with van der Waals surface area (Å²) in [5.74, 6) is 0. The monoisotopic (exact) mass is 536 g/mol. The van der Waals surface area contributed by atoms with E-state index in [2.05, 4.69) is 0 Å². The molecular formula is C20H28N2O9S3. The van der Waals surface area contributed by atoms with Crippen molar-refractivity contribution in [3.05, 3.63) is 54.1 Å². The molecule has 2 rings (SSSR count). The highest BCUT2D eigenvalue weighted by Crippen LogP contribution is 2.18. The molecule has 0 aliphatic rings. The van der Waals surface area contributed by atoms with Gasteiger partial charge in [0, 0.05) is 33.6 Å². The maximum Gasteiger partial charge on any atom is 0.262 e. The molecule has 0 amide bonds. The van der Waals surface area contributed by atoms with Crippen LogP contribution < -0.4 is 4.89 Å². The van der Waals surface area contributed by atoms with Crippen molar-refractivity contribution >= 4 is 29.9 Å². The summed E-state index contributed by atoms with van der Waals surface area (Å²) in [6, 6.07) is 10.6. The lowest BCUT2D eigenvalue weighted by molar-refractivity contribution is 0.0795. The van der Waals surface area contributed by atoms with Crippen LogP contribution in [0, 0.1) is 0 Å². The van der Waals surface area contributed by atoms with E-state index >= 15 is 0 Å². The minimum atomic E-state index is -4.14. The number of nitrogens with one attached hydrogen (secondary N) is 1. The minimum Gasteiger partial charge on any atom is -0.383 e. The molecule has 2 aromatic rings. The maximum atomic E-state index is 12.9. The van der Waals surface area contributed by atoms with Crippen molar-refractivity contribution in [3.8, 4) is 0 Å². The second-order valence-corrected chi connectivity index (χ2v) is 12.8. The zero-order chi connectivity index (χ0) is 25.4. The quantitative estimate of drug-likeness (QED) is 0.346. The zero-order valence-electron chi connectivity index (χ0n) is 19.0. The van der Waals surface area contributed by atoms with E-state index in [1.165, 1.54) is 61.0 Å². The van der Waals surface area contributed by atoms with Gasteiger partial charge in [0.25, 0.3) is 10.0 Å². The molecule has 0 saturated heterocycles. The highest BCUT2D eigenvalue weighted by atomic mass is 32.2. The molecule has 14 heteroatoms. The van der Waals surface area contributed by atoms with Crippen LogP contribution in [0.25, 0.3) is 0 Å². The Morgan fingerprint density at radius 2 is 1.35 bits per heavy atom. The summed E-state index contributed by atoms with van der Waals surface area (Å²) >= 11 is 0. The number of methoxy groups -OCH3 is 2. The third-order valence-corrected chi connectivity index (χ3v) is 8.84. The molecule has 0 bridgehead atoms. The first-order valence-corrected chi connectivity index (χ1v) is 14.7. The molecule has 1 N–H and O–H groups in total. The van der Waals surface area contributed by atoms with Crippen molar-refractivity contribution in [2.45, 2.75) is 21.3 Å². The van der Waals surface area contributed by atoms with Gasteiger partial charge in [-0.3, -0.25) is 4.84 Å². The van der Waals surface area contributed by atoms with Crippen molar-refractivity contribution in [1.82, 2.24) is 9.19 Å². The second-order valence-electron chi connectivity index (χ2n) is 7.16. The molecular weight excluding hydrogens is 508 g/mol. The molecule has 0 atom stereocenters. The number of sulfonamides is 2. The zero-order valence-corrected chi connectivity index (χ0v) is 21.5. The van der Waals surface area contributed by atoms with E-state index in [0.29, 0.717) is 5.56 Å². The lowest BCUT2D eigenvalue weighted by atomic mass is 10.2. The van der Waals surface area contributed by atoms with Crippen molar-refractivity contribution in [2.75, 3.05) is 46.8 Å². The van der Waals surface area contributed by atoms with Gasteiger partial charge in [0.2, 0.25) is 10.0 Å². The predicted molar refractivity (Wildman–Crippen MR) is 124 cm³/mol. The van der Waals surface area contributed by atoms with Crippen LogP contribution in [-0.4, -0.2) is 76.3 Å². The topological polar surface area (TPSA) is 145 Å². The molecule has 190 valence electrons. The standard InChI is InChI=1S/C20H28N2O9S3/c1-29-13-11-22(12-14-30-2)34(27,28)18-9-7-17(8-10-18)16-31-21-33(25,26)20-6-4-5-19(15-20)32(3,23)24/h4-10,15,21H,11-14,16H2,1-3H3. The molecule has 11 nitrogen and oxygen atoms in total. The van der Waals surface area contributed by atoms with Gasteiger partial charge in [0.05, 0.1) is 34.5 Å². The van der Waals surface area contributed by atoms with E-state index in [0.717, 1.165) is 12.3 Å². The first kappa shape index (κ1) is 28.3. The van der Waals surface area contributed by atoms with Gasteiger partial charge in [0.1, 0.15) is 0 Å². The Morgan fingerprint density at radius 3 is 1.88 bits per heavy atom. The first-order valence-electron chi connectivity index (χ1n) is 9.92. The lowest BCUT2D eigenvalue weighted by Crippen LogP contribution is -2.36. The van der Waals surface area contributed by atoms with Crippen molar-refractivity contribution < 1.29 is 39.6 Å². The fourth-order valence-electron chi connectivity index (χ4n) is 2.76. The molecule has 0 aliphatic carbocycles. The molecule has 0 spiro atoms. The Bertz CT molecular complexity index is 1250. The number of benzene rings is 2. The molecule has 0 aromatic heterocycles. The average Bonchev–Trinajstić information content (AvgIpc) is 2.79. The number of nitrogens with zero attached hydrogens (tertiary/aromatic N) is 1. The second kappa shape index (κ2) is 12.2.